The molecule has 5 aliphatic rings. The molecule has 1 aromatic carbocycles. The smallest absolute Gasteiger partial charge is 0.300 e. The highest BCUT2D eigenvalue weighted by Crippen LogP contribution is 2.74. The molecule has 2 heterocycles. The van der Waals surface area contributed by atoms with Gasteiger partial charge in [0.1, 0.15) is 12.4 Å². The average molecular weight is 447 g/mol. The Hall–Kier alpha value is -2.30. The number of hydrogen-bond acceptors (Lipinski definition) is 4. The Morgan fingerprint density at radius 1 is 1.00 bits per heavy atom. The van der Waals surface area contributed by atoms with Gasteiger partial charge in [-0.2, -0.15) is 4.98 Å². The van der Waals surface area contributed by atoms with E-state index in [1.54, 1.807) is 6.07 Å². The maximum absolute atomic E-state index is 12.1. The van der Waals surface area contributed by atoms with E-state index in [4.69, 9.17) is 9.47 Å². The number of fused-ring (bicyclic) bond motifs is 1. The molecular formula is C28H34N2O3. The van der Waals surface area contributed by atoms with E-state index in [2.05, 4.69) is 33.8 Å². The molecule has 4 saturated carbocycles. The molecule has 2 aromatic rings. The minimum absolute atomic E-state index is 0.108. The summed E-state index contributed by atoms with van der Waals surface area (Å²) in [6, 6.07) is 11.1. The van der Waals surface area contributed by atoms with Gasteiger partial charge in [-0.15, -0.1) is 0 Å². The number of benzene rings is 1. The molecule has 7 rings (SSSR count). The van der Waals surface area contributed by atoms with E-state index >= 15 is 0 Å². The minimum atomic E-state index is -0.190. The van der Waals surface area contributed by atoms with Gasteiger partial charge >= 0.3 is 0 Å². The van der Waals surface area contributed by atoms with Crippen molar-refractivity contribution < 1.29 is 9.47 Å². The van der Waals surface area contributed by atoms with Gasteiger partial charge in [0.15, 0.2) is 6.10 Å². The molecule has 1 aliphatic heterocycles. The summed E-state index contributed by atoms with van der Waals surface area (Å²) in [5.74, 6) is 3.98. The van der Waals surface area contributed by atoms with Crippen molar-refractivity contribution in [3.8, 4) is 11.8 Å². The largest absolute Gasteiger partial charge is 0.490 e. The zero-order valence-corrected chi connectivity index (χ0v) is 19.4. The van der Waals surface area contributed by atoms with Crippen LogP contribution >= 0.6 is 0 Å². The first-order valence-corrected chi connectivity index (χ1v) is 13.2. The fraction of sp³-hybridized carbons (Fsp3) is 0.643. The van der Waals surface area contributed by atoms with Gasteiger partial charge in [-0.1, -0.05) is 37.8 Å². The highest BCUT2D eigenvalue weighted by atomic mass is 16.6. The lowest BCUT2D eigenvalue weighted by molar-refractivity contribution is -0.0299. The summed E-state index contributed by atoms with van der Waals surface area (Å²) in [5, 5.41) is 0. The lowest BCUT2D eigenvalue weighted by Gasteiger charge is -2.56. The van der Waals surface area contributed by atoms with Crippen LogP contribution in [0.25, 0.3) is 0 Å². The van der Waals surface area contributed by atoms with Crippen molar-refractivity contribution in [2.45, 2.75) is 88.7 Å². The highest BCUT2D eigenvalue weighted by Gasteiger charge is 2.64. The van der Waals surface area contributed by atoms with E-state index in [1.807, 2.05) is 0 Å². The van der Waals surface area contributed by atoms with Crippen molar-refractivity contribution in [2.24, 2.45) is 17.3 Å². The van der Waals surface area contributed by atoms with E-state index in [0.29, 0.717) is 30.5 Å². The van der Waals surface area contributed by atoms with Crippen LogP contribution in [-0.2, 0) is 6.54 Å². The van der Waals surface area contributed by atoms with E-state index in [1.165, 1.54) is 56.9 Å². The van der Waals surface area contributed by atoms with Gasteiger partial charge in [0.2, 0.25) is 0 Å². The molecule has 1 spiro atoms. The molecule has 5 heteroatoms. The van der Waals surface area contributed by atoms with Gasteiger partial charge in [0.05, 0.1) is 6.54 Å². The van der Waals surface area contributed by atoms with E-state index in [-0.39, 0.29) is 11.7 Å². The predicted molar refractivity (Wildman–Crippen MR) is 126 cm³/mol. The summed E-state index contributed by atoms with van der Waals surface area (Å²) in [5.41, 5.74) is 3.14. The number of nitrogens with zero attached hydrogens (tertiary/aromatic N) is 2. The standard InChI is InChI=1S/C28H34N2O3/c31-25-15-24(18-5-1-2-6-18)30-16-21(33-27(30)29-25)17-32-20-11-9-19(10-12-20)26-22-7-3-13-28(22)14-4-8-23(26)28/h9-12,15,18,21-23,26H,1-8,13-14,16-17H2/t21-,22?,23?,26?,28?/m0/s1. The Morgan fingerprint density at radius 2 is 1.73 bits per heavy atom. The maximum atomic E-state index is 12.1. The van der Waals surface area contributed by atoms with Gasteiger partial charge in [-0.25, -0.2) is 0 Å². The normalized spacial score (nSPS) is 34.4. The number of ether oxygens (including phenoxy) is 2. The quantitative estimate of drug-likeness (QED) is 0.615. The molecule has 3 atom stereocenters. The fourth-order valence-electron chi connectivity index (χ4n) is 8.51. The van der Waals surface area contributed by atoms with E-state index < -0.39 is 0 Å². The summed E-state index contributed by atoms with van der Waals surface area (Å²) < 4.78 is 14.3. The molecular weight excluding hydrogens is 412 g/mol. The Kier molecular flexibility index (Phi) is 4.64. The molecule has 0 bridgehead atoms. The van der Waals surface area contributed by atoms with Crippen LogP contribution in [0, 0.1) is 17.3 Å². The zero-order chi connectivity index (χ0) is 22.0. The molecule has 1 aromatic heterocycles. The third kappa shape index (κ3) is 3.10. The van der Waals surface area contributed by atoms with E-state index in [9.17, 15) is 4.79 Å². The summed E-state index contributed by atoms with van der Waals surface area (Å²) in [6.07, 6.45) is 13.4. The maximum Gasteiger partial charge on any atom is 0.300 e. The first-order chi connectivity index (χ1) is 16.2. The minimum Gasteiger partial charge on any atom is -0.490 e. The third-order valence-electron chi connectivity index (χ3n) is 9.81. The molecule has 0 N–H and O–H groups in total. The van der Waals surface area contributed by atoms with Gasteiger partial charge in [0, 0.05) is 11.8 Å². The second-order valence-electron chi connectivity index (χ2n) is 11.3. The Balaban J connectivity index is 1.01. The van der Waals surface area contributed by atoms with Gasteiger partial charge < -0.3 is 9.47 Å². The molecule has 5 nitrogen and oxygen atoms in total. The van der Waals surface area contributed by atoms with E-state index in [0.717, 1.165) is 42.0 Å². The second-order valence-corrected chi connectivity index (χ2v) is 11.3. The Labute approximate surface area is 195 Å². The van der Waals surface area contributed by atoms with Crippen molar-refractivity contribution in [1.82, 2.24) is 9.55 Å². The fourth-order valence-corrected chi connectivity index (χ4v) is 8.51. The molecule has 2 unspecified atom stereocenters. The monoisotopic (exact) mass is 446 g/mol. The van der Waals surface area contributed by atoms with Crippen molar-refractivity contribution >= 4 is 0 Å². The van der Waals surface area contributed by atoms with Crippen LogP contribution in [0.4, 0.5) is 0 Å². The van der Waals surface area contributed by atoms with Crippen LogP contribution in [0.2, 0.25) is 0 Å². The van der Waals surface area contributed by atoms with Crippen LogP contribution in [0.3, 0.4) is 0 Å². The topological polar surface area (TPSA) is 53.4 Å². The second kappa shape index (κ2) is 7.61. The van der Waals surface area contributed by atoms with Crippen LogP contribution < -0.4 is 15.0 Å². The van der Waals surface area contributed by atoms with Crippen LogP contribution in [-0.4, -0.2) is 22.3 Å². The summed E-state index contributed by atoms with van der Waals surface area (Å²) >= 11 is 0. The van der Waals surface area contributed by atoms with Crippen molar-refractivity contribution in [3.63, 3.8) is 0 Å². The van der Waals surface area contributed by atoms with Gasteiger partial charge in [0.25, 0.3) is 11.6 Å². The zero-order valence-electron chi connectivity index (χ0n) is 19.4. The van der Waals surface area contributed by atoms with Crippen molar-refractivity contribution in [1.29, 1.82) is 0 Å². The van der Waals surface area contributed by atoms with Crippen molar-refractivity contribution in [3.05, 3.63) is 51.9 Å². The van der Waals surface area contributed by atoms with Gasteiger partial charge in [-0.3, -0.25) is 9.36 Å². The number of aromatic nitrogens is 2. The first-order valence-electron chi connectivity index (χ1n) is 13.2. The molecule has 4 aliphatic carbocycles. The number of hydrogen-bond donors (Lipinski definition) is 0. The summed E-state index contributed by atoms with van der Waals surface area (Å²) in [4.78, 5) is 16.2. The van der Waals surface area contributed by atoms with Crippen LogP contribution in [0.5, 0.6) is 11.8 Å². The Bertz CT molecular complexity index is 1080. The third-order valence-corrected chi connectivity index (χ3v) is 9.81. The molecule has 0 saturated heterocycles. The molecule has 174 valence electrons. The summed E-state index contributed by atoms with van der Waals surface area (Å²) in [6.45, 7) is 1.18. The molecule has 0 amide bonds. The molecule has 4 fully saturated rings. The average Bonchev–Trinajstić information content (AvgIpc) is 3.61. The van der Waals surface area contributed by atoms with Crippen molar-refractivity contribution in [2.75, 3.05) is 6.61 Å². The van der Waals surface area contributed by atoms with Crippen LogP contribution in [0.15, 0.2) is 35.1 Å². The SMILES string of the molecule is O=c1cc(C2CCCC2)n2c(n1)O[C@H](COc1ccc(C3C4CCCC45CCCC35)cc1)C2. The van der Waals surface area contributed by atoms with Crippen LogP contribution in [0.1, 0.15) is 87.3 Å². The highest BCUT2D eigenvalue weighted by molar-refractivity contribution is 5.35. The summed E-state index contributed by atoms with van der Waals surface area (Å²) in [7, 11) is 0. The lowest BCUT2D eigenvalue weighted by atomic mass is 9.48. The Morgan fingerprint density at radius 3 is 2.45 bits per heavy atom. The van der Waals surface area contributed by atoms with Gasteiger partial charge in [-0.05, 0) is 85.3 Å². The molecule has 33 heavy (non-hydrogen) atoms. The number of rotatable bonds is 5. The predicted octanol–water partition coefficient (Wildman–Crippen LogP) is 5.42. The lowest BCUT2D eigenvalue weighted by Crippen LogP contribution is -2.48. The first kappa shape index (κ1) is 20.1. The molecule has 0 radical (unpaired) electrons.